The molecule has 0 amide bonds. The highest BCUT2D eigenvalue weighted by Gasteiger charge is 2.20. The van der Waals surface area contributed by atoms with E-state index in [-0.39, 0.29) is 0 Å². The van der Waals surface area contributed by atoms with E-state index in [1.54, 1.807) is 0 Å². The minimum absolute atomic E-state index is 0.536. The third kappa shape index (κ3) is 2.78. The van der Waals surface area contributed by atoms with Crippen LogP contribution in [0.25, 0.3) is 0 Å². The first-order chi connectivity index (χ1) is 5.24. The summed E-state index contributed by atoms with van der Waals surface area (Å²) in [6.07, 6.45) is 3.57. The van der Waals surface area contributed by atoms with Gasteiger partial charge in [0.1, 0.15) is 0 Å². The Bertz CT molecular complexity index is 149. The Morgan fingerprint density at radius 3 is 2.73 bits per heavy atom. The van der Waals surface area contributed by atoms with Crippen molar-refractivity contribution in [3.8, 4) is 0 Å². The van der Waals surface area contributed by atoms with E-state index < -0.39 is 0 Å². The summed E-state index contributed by atoms with van der Waals surface area (Å²) in [6.45, 7) is 3.14. The molecule has 0 bridgehead atoms. The summed E-state index contributed by atoms with van der Waals surface area (Å²) in [5, 5.41) is 0. The molecule has 1 rings (SSSR count). The van der Waals surface area contributed by atoms with Gasteiger partial charge in [-0.05, 0) is 19.3 Å². The molecule has 0 unspecified atom stereocenters. The highest BCUT2D eigenvalue weighted by molar-refractivity contribution is 5.78. The maximum Gasteiger partial charge on any atom is 0.191 e. The summed E-state index contributed by atoms with van der Waals surface area (Å²) < 4.78 is 0. The van der Waals surface area contributed by atoms with Crippen molar-refractivity contribution in [1.29, 1.82) is 0 Å². The zero-order valence-corrected chi connectivity index (χ0v) is 7.38. The van der Waals surface area contributed by atoms with Crippen LogP contribution in [0.15, 0.2) is 4.99 Å². The minimum atomic E-state index is 0.536. The van der Waals surface area contributed by atoms with Gasteiger partial charge in [-0.25, -0.2) is 4.99 Å². The van der Waals surface area contributed by atoms with Crippen LogP contribution in [0.3, 0.4) is 0 Å². The van der Waals surface area contributed by atoms with Crippen molar-refractivity contribution in [1.82, 2.24) is 4.90 Å². The second-order valence-electron chi connectivity index (χ2n) is 3.14. The molecule has 0 heterocycles. The Balaban J connectivity index is 2.31. The average molecular weight is 155 g/mol. The van der Waals surface area contributed by atoms with Gasteiger partial charge in [-0.15, -0.1) is 0 Å². The molecule has 0 aliphatic heterocycles. The summed E-state index contributed by atoms with van der Waals surface area (Å²) in [4.78, 5) is 6.34. The fourth-order valence-electron chi connectivity index (χ4n) is 0.939. The zero-order valence-electron chi connectivity index (χ0n) is 7.38. The number of guanidine groups is 1. The zero-order chi connectivity index (χ0) is 8.27. The summed E-state index contributed by atoms with van der Waals surface area (Å²) in [5.41, 5.74) is 5.72. The van der Waals surface area contributed by atoms with Gasteiger partial charge < -0.3 is 10.6 Å². The molecular weight excluding hydrogens is 138 g/mol. The Labute approximate surface area is 68.3 Å². The van der Waals surface area contributed by atoms with Gasteiger partial charge in [-0.2, -0.15) is 0 Å². The van der Waals surface area contributed by atoms with Crippen molar-refractivity contribution in [3.05, 3.63) is 0 Å². The van der Waals surface area contributed by atoms with Gasteiger partial charge >= 0.3 is 0 Å². The molecular formula is C8H17N3. The first-order valence-corrected chi connectivity index (χ1v) is 4.28. The second-order valence-corrected chi connectivity index (χ2v) is 3.14. The van der Waals surface area contributed by atoms with Gasteiger partial charge in [-0.1, -0.05) is 6.92 Å². The predicted molar refractivity (Wildman–Crippen MR) is 47.6 cm³/mol. The number of nitrogens with zero attached hydrogens (tertiary/aromatic N) is 2. The van der Waals surface area contributed by atoms with Gasteiger partial charge in [0, 0.05) is 13.6 Å². The normalized spacial score (nSPS) is 18.5. The average Bonchev–Trinajstić information content (AvgIpc) is 2.72. The highest BCUT2D eigenvalue weighted by atomic mass is 15.2. The van der Waals surface area contributed by atoms with Gasteiger partial charge in [0.25, 0.3) is 0 Å². The van der Waals surface area contributed by atoms with E-state index in [4.69, 9.17) is 5.73 Å². The number of nitrogens with two attached hydrogens (primary N) is 1. The summed E-state index contributed by atoms with van der Waals surface area (Å²) >= 11 is 0. The third-order valence-electron chi connectivity index (χ3n) is 1.81. The summed E-state index contributed by atoms with van der Waals surface area (Å²) in [5.74, 6) is 0.703. The maximum absolute atomic E-state index is 5.72. The van der Waals surface area contributed by atoms with E-state index in [2.05, 4.69) is 11.9 Å². The quantitative estimate of drug-likeness (QED) is 0.484. The van der Waals surface area contributed by atoms with Crippen LogP contribution < -0.4 is 5.73 Å². The molecule has 0 aromatic heterocycles. The van der Waals surface area contributed by atoms with E-state index >= 15 is 0 Å². The number of aliphatic imine (C=N–C) groups is 1. The Hall–Kier alpha value is -0.730. The van der Waals surface area contributed by atoms with Crippen LogP contribution in [-0.2, 0) is 0 Å². The van der Waals surface area contributed by atoms with Crippen LogP contribution in [-0.4, -0.2) is 30.5 Å². The molecule has 1 fully saturated rings. The van der Waals surface area contributed by atoms with E-state index in [0.29, 0.717) is 12.0 Å². The lowest BCUT2D eigenvalue weighted by atomic mass is 10.4. The van der Waals surface area contributed by atoms with Crippen molar-refractivity contribution in [2.45, 2.75) is 32.2 Å². The van der Waals surface area contributed by atoms with Crippen LogP contribution in [0.1, 0.15) is 26.2 Å². The lowest BCUT2D eigenvalue weighted by molar-refractivity contribution is 0.493. The maximum atomic E-state index is 5.72. The van der Waals surface area contributed by atoms with E-state index in [1.807, 2.05) is 11.9 Å². The standard InChI is InChI=1S/C8H17N3/c1-3-6-11(2)8(9)10-7-4-5-7/h7H,3-6H2,1-2H3,(H2,9,10). The van der Waals surface area contributed by atoms with Crippen molar-refractivity contribution < 1.29 is 0 Å². The molecule has 64 valence electrons. The fourth-order valence-corrected chi connectivity index (χ4v) is 0.939. The lowest BCUT2D eigenvalue weighted by Crippen LogP contribution is -2.34. The van der Waals surface area contributed by atoms with Crippen molar-refractivity contribution in [3.63, 3.8) is 0 Å². The molecule has 2 N–H and O–H groups in total. The first-order valence-electron chi connectivity index (χ1n) is 4.28. The highest BCUT2D eigenvalue weighted by Crippen LogP contribution is 2.23. The van der Waals surface area contributed by atoms with Gasteiger partial charge in [0.05, 0.1) is 6.04 Å². The molecule has 0 aromatic rings. The second kappa shape index (κ2) is 3.60. The van der Waals surface area contributed by atoms with Crippen LogP contribution in [0.5, 0.6) is 0 Å². The largest absolute Gasteiger partial charge is 0.370 e. The molecule has 1 aliphatic carbocycles. The molecule has 0 spiro atoms. The predicted octanol–water partition coefficient (Wildman–Crippen LogP) is 0.805. The monoisotopic (exact) mass is 155 g/mol. The van der Waals surface area contributed by atoms with Gasteiger partial charge in [0.15, 0.2) is 5.96 Å². The SMILES string of the molecule is CCCN(C)C(N)=NC1CC1. The van der Waals surface area contributed by atoms with Gasteiger partial charge in [0.2, 0.25) is 0 Å². The van der Waals surface area contributed by atoms with E-state index in [9.17, 15) is 0 Å². The Morgan fingerprint density at radius 2 is 2.27 bits per heavy atom. The van der Waals surface area contributed by atoms with Crippen LogP contribution in [0, 0.1) is 0 Å². The van der Waals surface area contributed by atoms with Crippen molar-refractivity contribution in [2.75, 3.05) is 13.6 Å². The first kappa shape index (κ1) is 8.37. The van der Waals surface area contributed by atoms with Gasteiger partial charge in [-0.3, -0.25) is 0 Å². The summed E-state index contributed by atoms with van der Waals surface area (Å²) in [7, 11) is 1.99. The smallest absolute Gasteiger partial charge is 0.191 e. The van der Waals surface area contributed by atoms with Crippen molar-refractivity contribution in [2.24, 2.45) is 10.7 Å². The number of hydrogen-bond donors (Lipinski definition) is 1. The molecule has 3 nitrogen and oxygen atoms in total. The molecule has 0 saturated heterocycles. The number of hydrogen-bond acceptors (Lipinski definition) is 1. The third-order valence-corrected chi connectivity index (χ3v) is 1.81. The van der Waals surface area contributed by atoms with Crippen LogP contribution >= 0.6 is 0 Å². The molecule has 0 aromatic carbocycles. The molecule has 1 saturated carbocycles. The Morgan fingerprint density at radius 1 is 1.64 bits per heavy atom. The summed E-state index contributed by atoms with van der Waals surface area (Å²) in [6, 6.07) is 0.536. The molecule has 1 aliphatic rings. The fraction of sp³-hybridized carbons (Fsp3) is 0.875. The van der Waals surface area contributed by atoms with Crippen LogP contribution in [0.2, 0.25) is 0 Å². The van der Waals surface area contributed by atoms with E-state index in [1.165, 1.54) is 12.8 Å². The molecule has 0 atom stereocenters. The van der Waals surface area contributed by atoms with Crippen molar-refractivity contribution >= 4 is 5.96 Å². The van der Waals surface area contributed by atoms with E-state index in [0.717, 1.165) is 13.0 Å². The topological polar surface area (TPSA) is 41.6 Å². The molecule has 0 radical (unpaired) electrons. The minimum Gasteiger partial charge on any atom is -0.370 e. The molecule has 3 heteroatoms. The number of rotatable bonds is 3. The van der Waals surface area contributed by atoms with Crippen LogP contribution in [0.4, 0.5) is 0 Å². The Kier molecular flexibility index (Phi) is 2.74. The lowest BCUT2D eigenvalue weighted by Gasteiger charge is -2.16. The molecule has 11 heavy (non-hydrogen) atoms.